The second-order valence-corrected chi connectivity index (χ2v) is 6.69. The lowest BCUT2D eigenvalue weighted by Gasteiger charge is -2.09. The molecular formula is C22H20N4O4. The number of fused-ring (bicyclic) bond motifs is 1. The van der Waals surface area contributed by atoms with Crippen molar-refractivity contribution in [1.82, 2.24) is 14.8 Å². The average molecular weight is 404 g/mol. The number of rotatable bonds is 6. The highest BCUT2D eigenvalue weighted by atomic mass is 16.5. The number of esters is 1. The summed E-state index contributed by atoms with van der Waals surface area (Å²) in [5.74, 6) is 0.360. The largest absolute Gasteiger partial charge is 0.462 e. The molecule has 2 aromatic carbocycles. The van der Waals surface area contributed by atoms with Gasteiger partial charge >= 0.3 is 5.97 Å². The van der Waals surface area contributed by atoms with E-state index in [1.807, 2.05) is 35.0 Å². The Morgan fingerprint density at radius 2 is 1.90 bits per heavy atom. The third-order valence-corrected chi connectivity index (χ3v) is 4.54. The molecule has 2 aromatic heterocycles. The fraction of sp³-hybridized carbons (Fsp3) is 0.182. The second-order valence-electron chi connectivity index (χ2n) is 6.69. The third kappa shape index (κ3) is 4.07. The Hall–Kier alpha value is -3.94. The lowest BCUT2D eigenvalue weighted by molar-refractivity contribution is -0.116. The molecule has 0 unspecified atom stereocenters. The van der Waals surface area contributed by atoms with Crippen molar-refractivity contribution < 1.29 is 18.7 Å². The van der Waals surface area contributed by atoms with Crippen molar-refractivity contribution in [1.29, 1.82) is 0 Å². The maximum Gasteiger partial charge on any atom is 0.338 e. The highest BCUT2D eigenvalue weighted by Gasteiger charge is 2.12. The van der Waals surface area contributed by atoms with E-state index in [4.69, 9.17) is 9.15 Å². The summed E-state index contributed by atoms with van der Waals surface area (Å²) in [6.07, 6.45) is 1.86. The van der Waals surface area contributed by atoms with Gasteiger partial charge in [0.15, 0.2) is 0 Å². The highest BCUT2D eigenvalue weighted by Crippen LogP contribution is 2.24. The van der Waals surface area contributed by atoms with E-state index in [0.717, 1.165) is 16.5 Å². The van der Waals surface area contributed by atoms with Gasteiger partial charge in [0.25, 0.3) is 0 Å². The lowest BCUT2D eigenvalue weighted by atomic mass is 10.1. The van der Waals surface area contributed by atoms with Crippen molar-refractivity contribution in [2.75, 3.05) is 11.9 Å². The second kappa shape index (κ2) is 8.20. The Bertz CT molecular complexity index is 1210. The summed E-state index contributed by atoms with van der Waals surface area (Å²) >= 11 is 0. The molecule has 8 heteroatoms. The van der Waals surface area contributed by atoms with Gasteiger partial charge in [-0.3, -0.25) is 4.79 Å². The average Bonchev–Trinajstić information content (AvgIpc) is 3.34. The van der Waals surface area contributed by atoms with Crippen LogP contribution in [0.5, 0.6) is 0 Å². The molecule has 0 aliphatic carbocycles. The van der Waals surface area contributed by atoms with Crippen LogP contribution in [0.3, 0.4) is 0 Å². The molecule has 8 nitrogen and oxygen atoms in total. The summed E-state index contributed by atoms with van der Waals surface area (Å²) in [5, 5.41) is 11.7. The molecule has 0 saturated heterocycles. The van der Waals surface area contributed by atoms with Gasteiger partial charge in [-0.2, -0.15) is 0 Å². The first kappa shape index (κ1) is 19.4. The Morgan fingerprint density at radius 3 is 2.60 bits per heavy atom. The minimum atomic E-state index is -0.388. The predicted octanol–water partition coefficient (Wildman–Crippen LogP) is 3.82. The molecule has 0 aliphatic rings. The molecule has 2 heterocycles. The maximum atomic E-state index is 12.5. The molecular weight excluding hydrogens is 384 g/mol. The number of nitrogens with one attached hydrogen (secondary N) is 1. The molecule has 0 bridgehead atoms. The number of anilines is 1. The van der Waals surface area contributed by atoms with E-state index < -0.39 is 0 Å². The van der Waals surface area contributed by atoms with E-state index in [-0.39, 0.29) is 18.4 Å². The molecule has 0 aliphatic heterocycles. The quantitative estimate of drug-likeness (QED) is 0.491. The molecule has 152 valence electrons. The normalized spacial score (nSPS) is 10.9. The van der Waals surface area contributed by atoms with Crippen LogP contribution >= 0.6 is 0 Å². The number of carbonyl (C=O) groups is 2. The zero-order chi connectivity index (χ0) is 21.1. The van der Waals surface area contributed by atoms with Crippen molar-refractivity contribution in [3.8, 4) is 11.5 Å². The molecule has 1 amide bonds. The van der Waals surface area contributed by atoms with Crippen LogP contribution in [-0.2, 0) is 16.1 Å². The van der Waals surface area contributed by atoms with Crippen LogP contribution in [0, 0.1) is 6.92 Å². The van der Waals surface area contributed by atoms with Crippen LogP contribution in [0.25, 0.3) is 22.4 Å². The standard InChI is InChI=1S/C22H20N4O4/c1-3-29-22(28)16-6-8-18(9-7-16)23-20(27)13-26-11-10-15-4-5-17(12-19(15)26)21-25-24-14(2)30-21/h4-12H,3,13H2,1-2H3,(H,23,27). The Morgan fingerprint density at radius 1 is 1.10 bits per heavy atom. The highest BCUT2D eigenvalue weighted by molar-refractivity contribution is 5.94. The van der Waals surface area contributed by atoms with Gasteiger partial charge in [-0.05, 0) is 54.8 Å². The monoisotopic (exact) mass is 404 g/mol. The van der Waals surface area contributed by atoms with Gasteiger partial charge in [-0.1, -0.05) is 6.07 Å². The van der Waals surface area contributed by atoms with Gasteiger partial charge in [0.1, 0.15) is 6.54 Å². The molecule has 4 rings (SSSR count). The van der Waals surface area contributed by atoms with E-state index >= 15 is 0 Å². The van der Waals surface area contributed by atoms with Gasteiger partial charge in [0, 0.05) is 29.9 Å². The zero-order valence-electron chi connectivity index (χ0n) is 16.6. The van der Waals surface area contributed by atoms with Crippen LogP contribution < -0.4 is 5.32 Å². The van der Waals surface area contributed by atoms with E-state index in [0.29, 0.717) is 29.6 Å². The number of hydrogen-bond acceptors (Lipinski definition) is 6. The van der Waals surface area contributed by atoms with Crippen LogP contribution in [-0.4, -0.2) is 33.2 Å². The van der Waals surface area contributed by atoms with Crippen molar-refractivity contribution in [3.63, 3.8) is 0 Å². The van der Waals surface area contributed by atoms with Crippen LogP contribution in [0.15, 0.2) is 59.1 Å². The fourth-order valence-corrected chi connectivity index (χ4v) is 3.13. The van der Waals surface area contributed by atoms with E-state index in [1.165, 1.54) is 0 Å². The molecule has 0 atom stereocenters. The number of aromatic nitrogens is 3. The van der Waals surface area contributed by atoms with Gasteiger partial charge in [-0.15, -0.1) is 10.2 Å². The van der Waals surface area contributed by atoms with Crippen molar-refractivity contribution in [2.24, 2.45) is 0 Å². The topological polar surface area (TPSA) is 99.2 Å². The Balaban J connectivity index is 1.48. The number of nitrogens with zero attached hydrogens (tertiary/aromatic N) is 3. The lowest BCUT2D eigenvalue weighted by Crippen LogP contribution is -2.18. The molecule has 0 fully saturated rings. The van der Waals surface area contributed by atoms with Crippen molar-refractivity contribution >= 4 is 28.5 Å². The maximum absolute atomic E-state index is 12.5. The van der Waals surface area contributed by atoms with Crippen LogP contribution in [0.4, 0.5) is 5.69 Å². The number of aryl methyl sites for hydroxylation is 1. The molecule has 1 N–H and O–H groups in total. The molecule has 0 saturated carbocycles. The van der Waals surface area contributed by atoms with Crippen molar-refractivity contribution in [3.05, 3.63) is 66.2 Å². The van der Waals surface area contributed by atoms with Gasteiger partial charge in [0.05, 0.1) is 12.2 Å². The summed E-state index contributed by atoms with van der Waals surface area (Å²) in [6, 6.07) is 14.3. The van der Waals surface area contributed by atoms with E-state index in [9.17, 15) is 9.59 Å². The smallest absolute Gasteiger partial charge is 0.338 e. The minimum Gasteiger partial charge on any atom is -0.462 e. The van der Waals surface area contributed by atoms with Gasteiger partial charge < -0.3 is 19.0 Å². The molecule has 4 aromatic rings. The van der Waals surface area contributed by atoms with Crippen molar-refractivity contribution in [2.45, 2.75) is 20.4 Å². The Kier molecular flexibility index (Phi) is 5.30. The number of amides is 1. The summed E-state index contributed by atoms with van der Waals surface area (Å²) < 4.78 is 12.3. The molecule has 0 spiro atoms. The summed E-state index contributed by atoms with van der Waals surface area (Å²) in [6.45, 7) is 3.94. The summed E-state index contributed by atoms with van der Waals surface area (Å²) in [7, 11) is 0. The first-order valence-electron chi connectivity index (χ1n) is 9.50. The van der Waals surface area contributed by atoms with Gasteiger partial charge in [-0.25, -0.2) is 4.79 Å². The third-order valence-electron chi connectivity index (χ3n) is 4.54. The van der Waals surface area contributed by atoms with E-state index in [2.05, 4.69) is 15.5 Å². The fourth-order valence-electron chi connectivity index (χ4n) is 3.13. The number of hydrogen-bond donors (Lipinski definition) is 1. The number of ether oxygens (including phenoxy) is 1. The van der Waals surface area contributed by atoms with Gasteiger partial charge in [0.2, 0.25) is 17.7 Å². The minimum absolute atomic E-state index is 0.134. The molecule has 0 radical (unpaired) electrons. The first-order chi connectivity index (χ1) is 14.5. The SMILES string of the molecule is CCOC(=O)c1ccc(NC(=O)Cn2ccc3ccc(-c4nnc(C)o4)cc32)cc1. The van der Waals surface area contributed by atoms with Crippen LogP contribution in [0.2, 0.25) is 0 Å². The predicted molar refractivity (Wildman–Crippen MR) is 111 cm³/mol. The first-order valence-corrected chi connectivity index (χ1v) is 9.50. The number of carbonyl (C=O) groups excluding carboxylic acids is 2. The number of benzene rings is 2. The van der Waals surface area contributed by atoms with E-state index in [1.54, 1.807) is 38.1 Å². The van der Waals surface area contributed by atoms with Crippen LogP contribution in [0.1, 0.15) is 23.2 Å². The molecule has 30 heavy (non-hydrogen) atoms. The Labute approximate surface area is 172 Å². The zero-order valence-corrected chi connectivity index (χ0v) is 16.6. The summed E-state index contributed by atoms with van der Waals surface area (Å²) in [4.78, 5) is 24.3. The summed E-state index contributed by atoms with van der Waals surface area (Å²) in [5.41, 5.74) is 2.72.